The third-order valence-corrected chi connectivity index (χ3v) is 4.38. The molecule has 0 radical (unpaired) electrons. The maximum atomic E-state index is 12.4. The van der Waals surface area contributed by atoms with Crippen molar-refractivity contribution in [3.63, 3.8) is 0 Å². The van der Waals surface area contributed by atoms with Crippen LogP contribution >= 0.6 is 15.9 Å². The summed E-state index contributed by atoms with van der Waals surface area (Å²) in [6.45, 7) is 0. The molecule has 6 nitrogen and oxygen atoms in total. The van der Waals surface area contributed by atoms with Crippen molar-refractivity contribution in [1.29, 1.82) is 0 Å². The fourth-order valence-electron chi connectivity index (χ4n) is 2.56. The molecular weight excluding hydrogens is 422 g/mol. The number of halogens is 1. The molecule has 0 fully saturated rings. The van der Waals surface area contributed by atoms with E-state index in [1.165, 1.54) is 0 Å². The first-order valence-electron chi connectivity index (χ1n) is 8.46. The molecule has 1 atom stereocenters. The molecule has 0 bridgehead atoms. The van der Waals surface area contributed by atoms with Crippen molar-refractivity contribution in [3.05, 3.63) is 88.9 Å². The van der Waals surface area contributed by atoms with E-state index in [0.717, 1.165) is 4.47 Å². The van der Waals surface area contributed by atoms with Gasteiger partial charge in [0, 0.05) is 10.2 Å². The molecule has 0 saturated heterocycles. The molecular formula is C21H18BrN3O3. The second-order valence-electron chi connectivity index (χ2n) is 5.92. The largest absolute Gasteiger partial charge is 0.457 e. The number of primary amides is 1. The van der Waals surface area contributed by atoms with Gasteiger partial charge in [0.05, 0.1) is 0 Å². The summed E-state index contributed by atoms with van der Waals surface area (Å²) in [5.74, 6) is 0.839. The summed E-state index contributed by atoms with van der Waals surface area (Å²) >= 11 is 3.38. The number of rotatable bonds is 6. The highest BCUT2D eigenvalue weighted by molar-refractivity contribution is 9.10. The maximum absolute atomic E-state index is 12.4. The summed E-state index contributed by atoms with van der Waals surface area (Å²) in [4.78, 5) is 23.5. The number of hydrogen-bond donors (Lipinski definition) is 3. The molecule has 142 valence electrons. The van der Waals surface area contributed by atoms with Crippen LogP contribution in [-0.2, 0) is 4.79 Å². The molecule has 0 aliphatic heterocycles. The van der Waals surface area contributed by atoms with Crippen LogP contribution in [0.2, 0.25) is 0 Å². The number of hydrogen-bond acceptors (Lipinski definition) is 4. The van der Waals surface area contributed by atoms with Crippen molar-refractivity contribution in [1.82, 2.24) is 5.32 Å². The molecule has 3 rings (SSSR count). The number of benzene rings is 3. The lowest BCUT2D eigenvalue weighted by Crippen LogP contribution is -2.40. The average Bonchev–Trinajstić information content (AvgIpc) is 2.69. The predicted octanol–water partition coefficient (Wildman–Crippen LogP) is 4.59. The third-order valence-electron chi connectivity index (χ3n) is 3.86. The summed E-state index contributed by atoms with van der Waals surface area (Å²) in [7, 11) is 0. The molecule has 3 aromatic rings. The van der Waals surface area contributed by atoms with Crippen molar-refractivity contribution < 1.29 is 14.3 Å². The Hall–Kier alpha value is -3.32. The van der Waals surface area contributed by atoms with Crippen molar-refractivity contribution in [2.75, 3.05) is 5.32 Å². The van der Waals surface area contributed by atoms with E-state index in [1.54, 1.807) is 36.4 Å². The summed E-state index contributed by atoms with van der Waals surface area (Å²) in [6, 6.07) is 22.1. The Morgan fingerprint density at radius 2 is 1.43 bits per heavy atom. The topological polar surface area (TPSA) is 93.5 Å². The summed E-state index contributed by atoms with van der Waals surface area (Å²) < 4.78 is 6.76. The van der Waals surface area contributed by atoms with Gasteiger partial charge < -0.3 is 15.8 Å². The van der Waals surface area contributed by atoms with Crippen molar-refractivity contribution in [2.45, 2.75) is 6.04 Å². The van der Waals surface area contributed by atoms with Gasteiger partial charge >= 0.3 is 6.03 Å². The van der Waals surface area contributed by atoms with Crippen LogP contribution in [0.1, 0.15) is 11.6 Å². The number of nitrogens with two attached hydrogens (primary N) is 1. The summed E-state index contributed by atoms with van der Waals surface area (Å²) in [6.07, 6.45) is 0. The van der Waals surface area contributed by atoms with Gasteiger partial charge in [-0.1, -0.05) is 46.3 Å². The van der Waals surface area contributed by atoms with Crippen LogP contribution in [0.4, 0.5) is 10.5 Å². The smallest absolute Gasteiger partial charge is 0.318 e. The zero-order valence-electron chi connectivity index (χ0n) is 14.8. The molecule has 0 aliphatic carbocycles. The fourth-order valence-corrected chi connectivity index (χ4v) is 2.83. The Morgan fingerprint density at radius 3 is 2.00 bits per heavy atom. The first kappa shape index (κ1) is 19.4. The molecule has 28 heavy (non-hydrogen) atoms. The van der Waals surface area contributed by atoms with Gasteiger partial charge in [-0.25, -0.2) is 4.79 Å². The van der Waals surface area contributed by atoms with Crippen LogP contribution in [0.25, 0.3) is 0 Å². The number of amides is 3. The van der Waals surface area contributed by atoms with E-state index in [1.807, 2.05) is 42.5 Å². The predicted molar refractivity (Wildman–Crippen MR) is 111 cm³/mol. The molecule has 3 aromatic carbocycles. The Morgan fingerprint density at radius 1 is 0.857 bits per heavy atom. The SMILES string of the molecule is NC(=O)NC(=O)[C@H](Nc1ccc(Oc2ccc(Br)cc2)cc1)c1ccccc1. The Labute approximate surface area is 170 Å². The average molecular weight is 440 g/mol. The Balaban J connectivity index is 1.74. The van der Waals surface area contributed by atoms with E-state index in [2.05, 4.69) is 26.6 Å². The van der Waals surface area contributed by atoms with Crippen LogP contribution in [-0.4, -0.2) is 11.9 Å². The second kappa shape index (κ2) is 9.05. The summed E-state index contributed by atoms with van der Waals surface area (Å²) in [5, 5.41) is 5.24. The lowest BCUT2D eigenvalue weighted by molar-refractivity contribution is -0.120. The number of carbonyl (C=O) groups excluding carboxylic acids is 2. The first-order valence-corrected chi connectivity index (χ1v) is 9.26. The first-order chi connectivity index (χ1) is 13.5. The number of nitrogens with one attached hydrogen (secondary N) is 2. The van der Waals surface area contributed by atoms with Crippen molar-refractivity contribution in [2.24, 2.45) is 5.73 Å². The van der Waals surface area contributed by atoms with Crippen LogP contribution in [0.5, 0.6) is 11.5 Å². The minimum Gasteiger partial charge on any atom is -0.457 e. The molecule has 7 heteroatoms. The monoisotopic (exact) mass is 439 g/mol. The number of carbonyl (C=O) groups is 2. The van der Waals surface area contributed by atoms with Crippen LogP contribution in [0.15, 0.2) is 83.3 Å². The zero-order valence-corrected chi connectivity index (χ0v) is 16.3. The minimum absolute atomic E-state index is 0.533. The second-order valence-corrected chi connectivity index (χ2v) is 6.84. The fraction of sp³-hybridized carbons (Fsp3) is 0.0476. The molecule has 4 N–H and O–H groups in total. The molecule has 0 heterocycles. The molecule has 0 unspecified atom stereocenters. The van der Waals surface area contributed by atoms with Gasteiger partial charge in [0.25, 0.3) is 5.91 Å². The van der Waals surface area contributed by atoms with Gasteiger partial charge in [0.15, 0.2) is 0 Å². The van der Waals surface area contributed by atoms with Crippen LogP contribution in [0, 0.1) is 0 Å². The van der Waals surface area contributed by atoms with E-state index < -0.39 is 18.0 Å². The van der Waals surface area contributed by atoms with Gasteiger partial charge in [-0.2, -0.15) is 0 Å². The molecule has 3 amide bonds. The number of ether oxygens (including phenoxy) is 1. The summed E-state index contributed by atoms with van der Waals surface area (Å²) in [5.41, 5.74) is 6.48. The molecule has 0 saturated carbocycles. The molecule has 0 aromatic heterocycles. The molecule has 0 aliphatic rings. The standard InChI is InChI=1S/C21H18BrN3O3/c22-15-6-10-17(11-7-15)28-18-12-8-16(9-13-18)24-19(20(26)25-21(23)27)14-4-2-1-3-5-14/h1-13,19,24H,(H3,23,25,26,27)/t19-/m1/s1. The van der Waals surface area contributed by atoms with Crippen LogP contribution in [0.3, 0.4) is 0 Å². The Bertz CT molecular complexity index is 945. The van der Waals surface area contributed by atoms with Gasteiger partial charge in [0.1, 0.15) is 17.5 Å². The van der Waals surface area contributed by atoms with Crippen molar-refractivity contribution >= 4 is 33.6 Å². The normalized spacial score (nSPS) is 11.3. The highest BCUT2D eigenvalue weighted by Crippen LogP contribution is 2.26. The minimum atomic E-state index is -0.897. The van der Waals surface area contributed by atoms with E-state index >= 15 is 0 Å². The van der Waals surface area contributed by atoms with E-state index in [4.69, 9.17) is 10.5 Å². The van der Waals surface area contributed by atoms with Gasteiger partial charge in [-0.3, -0.25) is 10.1 Å². The zero-order chi connectivity index (χ0) is 19.9. The van der Waals surface area contributed by atoms with E-state index in [-0.39, 0.29) is 0 Å². The third kappa shape index (κ3) is 5.34. The molecule has 0 spiro atoms. The number of urea groups is 1. The van der Waals surface area contributed by atoms with Crippen LogP contribution < -0.4 is 21.1 Å². The van der Waals surface area contributed by atoms with Gasteiger partial charge in [-0.05, 0) is 54.1 Å². The maximum Gasteiger partial charge on any atom is 0.318 e. The lowest BCUT2D eigenvalue weighted by atomic mass is 10.1. The van der Waals surface area contributed by atoms with Crippen molar-refractivity contribution in [3.8, 4) is 11.5 Å². The van der Waals surface area contributed by atoms with Gasteiger partial charge in [0.2, 0.25) is 0 Å². The highest BCUT2D eigenvalue weighted by atomic mass is 79.9. The quantitative estimate of drug-likeness (QED) is 0.523. The van der Waals surface area contributed by atoms with E-state index in [0.29, 0.717) is 22.7 Å². The number of anilines is 1. The number of imide groups is 1. The highest BCUT2D eigenvalue weighted by Gasteiger charge is 2.21. The Kier molecular flexibility index (Phi) is 6.29. The van der Waals surface area contributed by atoms with Gasteiger partial charge in [-0.15, -0.1) is 0 Å². The van der Waals surface area contributed by atoms with E-state index in [9.17, 15) is 9.59 Å². The lowest BCUT2D eigenvalue weighted by Gasteiger charge is -2.19.